The maximum atomic E-state index is 11.8. The molecular weight excluding hydrogens is 288 g/mol. The van der Waals surface area contributed by atoms with Gasteiger partial charge < -0.3 is 9.84 Å². The average molecular weight is 302 g/mol. The van der Waals surface area contributed by atoms with Crippen LogP contribution >= 0.6 is 0 Å². The van der Waals surface area contributed by atoms with Crippen LogP contribution in [-0.4, -0.2) is 31.9 Å². The zero-order chi connectivity index (χ0) is 15.5. The third kappa shape index (κ3) is 2.90. The molecule has 8 heteroatoms. The molecule has 1 fully saturated rings. The van der Waals surface area contributed by atoms with Crippen molar-refractivity contribution in [2.75, 3.05) is 0 Å². The van der Waals surface area contributed by atoms with Gasteiger partial charge in [-0.3, -0.25) is 14.9 Å². The molecule has 1 atom stereocenters. The Kier molecular flexibility index (Phi) is 3.73. The maximum absolute atomic E-state index is 11.8. The number of aromatic nitrogens is 3. The van der Waals surface area contributed by atoms with Crippen molar-refractivity contribution in [3.63, 3.8) is 0 Å². The van der Waals surface area contributed by atoms with Gasteiger partial charge >= 0.3 is 0 Å². The Hall–Kier alpha value is -2.90. The molecule has 1 aromatic carbocycles. The summed E-state index contributed by atoms with van der Waals surface area (Å²) in [5.41, 5.74) is 0.521. The predicted octanol–water partition coefficient (Wildman–Crippen LogP) is 0.540. The van der Waals surface area contributed by atoms with E-state index in [0.717, 1.165) is 0 Å². The lowest BCUT2D eigenvalue weighted by atomic mass is 10.1. The number of ether oxygens (including phenoxy) is 1. The Balaban J connectivity index is 1.65. The molecular formula is C14H14N4O4. The summed E-state index contributed by atoms with van der Waals surface area (Å²) in [4.78, 5) is 22.9. The van der Waals surface area contributed by atoms with E-state index in [4.69, 9.17) is 4.74 Å². The van der Waals surface area contributed by atoms with Crippen molar-refractivity contribution >= 4 is 11.8 Å². The Morgan fingerprint density at radius 2 is 2.18 bits per heavy atom. The first-order valence-corrected chi connectivity index (χ1v) is 6.78. The van der Waals surface area contributed by atoms with Crippen molar-refractivity contribution in [3.8, 4) is 11.5 Å². The predicted molar refractivity (Wildman–Crippen MR) is 73.9 cm³/mol. The number of carbonyl (C=O) groups excluding carboxylic acids is 2. The lowest BCUT2D eigenvalue weighted by Crippen LogP contribution is -2.41. The highest BCUT2D eigenvalue weighted by atomic mass is 16.5. The van der Waals surface area contributed by atoms with Crippen LogP contribution in [0.4, 0.5) is 0 Å². The number of phenolic OH excluding ortho intramolecular Hbond substituents is 1. The van der Waals surface area contributed by atoms with E-state index in [1.807, 2.05) is 0 Å². The first kappa shape index (κ1) is 14.1. The van der Waals surface area contributed by atoms with E-state index in [0.29, 0.717) is 17.9 Å². The van der Waals surface area contributed by atoms with E-state index in [1.165, 1.54) is 10.7 Å². The molecule has 0 spiro atoms. The van der Waals surface area contributed by atoms with Gasteiger partial charge in [0.25, 0.3) is 5.91 Å². The standard InChI is InChI=1S/C14H14N4O4/c19-11-3-1-2-4-12(11)22-8-9-7-18(17-16-9)10-5-6-13(20)15-14(10)21/h1-4,7,10,19H,5-6,8H2,(H,15,20,21). The Morgan fingerprint density at radius 1 is 1.36 bits per heavy atom. The molecule has 1 aromatic heterocycles. The molecule has 0 aliphatic carbocycles. The number of imide groups is 1. The number of amides is 2. The van der Waals surface area contributed by atoms with E-state index in [9.17, 15) is 14.7 Å². The van der Waals surface area contributed by atoms with Gasteiger partial charge in [-0.05, 0) is 18.6 Å². The number of hydrogen-bond donors (Lipinski definition) is 2. The number of piperidine rings is 1. The second-order valence-electron chi connectivity index (χ2n) is 4.91. The largest absolute Gasteiger partial charge is 0.504 e. The van der Waals surface area contributed by atoms with Crippen LogP contribution < -0.4 is 10.1 Å². The van der Waals surface area contributed by atoms with E-state index >= 15 is 0 Å². The number of para-hydroxylation sites is 2. The van der Waals surface area contributed by atoms with Gasteiger partial charge in [-0.2, -0.15) is 0 Å². The molecule has 2 aromatic rings. The summed E-state index contributed by atoms with van der Waals surface area (Å²) in [7, 11) is 0. The minimum absolute atomic E-state index is 0.0417. The molecule has 22 heavy (non-hydrogen) atoms. The van der Waals surface area contributed by atoms with Crippen LogP contribution in [0.25, 0.3) is 0 Å². The first-order valence-electron chi connectivity index (χ1n) is 6.78. The third-order valence-electron chi connectivity index (χ3n) is 3.33. The van der Waals surface area contributed by atoms with Gasteiger partial charge in [0.15, 0.2) is 11.5 Å². The normalized spacial score (nSPS) is 18.1. The second-order valence-corrected chi connectivity index (χ2v) is 4.91. The van der Waals surface area contributed by atoms with Crippen LogP contribution in [0.3, 0.4) is 0 Å². The zero-order valence-corrected chi connectivity index (χ0v) is 11.6. The van der Waals surface area contributed by atoms with Crippen molar-refractivity contribution in [2.45, 2.75) is 25.5 Å². The van der Waals surface area contributed by atoms with Crippen LogP contribution in [0.15, 0.2) is 30.5 Å². The summed E-state index contributed by atoms with van der Waals surface area (Å²) in [6.07, 6.45) is 2.27. The number of hydrogen-bond acceptors (Lipinski definition) is 6. The average Bonchev–Trinajstić information content (AvgIpc) is 2.95. The molecule has 0 radical (unpaired) electrons. The Labute approximate surface area is 125 Å². The highest BCUT2D eigenvalue weighted by Crippen LogP contribution is 2.25. The fourth-order valence-electron chi connectivity index (χ4n) is 2.20. The van der Waals surface area contributed by atoms with Gasteiger partial charge in [0.05, 0.1) is 6.20 Å². The van der Waals surface area contributed by atoms with Crippen LogP contribution in [-0.2, 0) is 16.2 Å². The number of nitrogens with zero attached hydrogens (tertiary/aromatic N) is 3. The molecule has 0 saturated carbocycles. The van der Waals surface area contributed by atoms with E-state index in [-0.39, 0.29) is 30.6 Å². The van der Waals surface area contributed by atoms with Crippen molar-refractivity contribution in [3.05, 3.63) is 36.2 Å². The molecule has 2 N–H and O–H groups in total. The van der Waals surface area contributed by atoms with Gasteiger partial charge in [0.1, 0.15) is 18.3 Å². The van der Waals surface area contributed by atoms with Gasteiger partial charge in [0, 0.05) is 6.42 Å². The highest BCUT2D eigenvalue weighted by molar-refractivity contribution is 5.99. The van der Waals surface area contributed by atoms with Gasteiger partial charge in [0.2, 0.25) is 5.91 Å². The van der Waals surface area contributed by atoms with Crippen LogP contribution in [0.5, 0.6) is 11.5 Å². The minimum atomic E-state index is -0.538. The smallest absolute Gasteiger partial charge is 0.251 e. The summed E-state index contributed by atoms with van der Waals surface area (Å²) in [6.45, 7) is 0.116. The monoisotopic (exact) mass is 302 g/mol. The molecule has 1 aliphatic rings. The maximum Gasteiger partial charge on any atom is 0.251 e. The number of aromatic hydroxyl groups is 1. The zero-order valence-electron chi connectivity index (χ0n) is 11.6. The number of carbonyl (C=O) groups is 2. The summed E-state index contributed by atoms with van der Waals surface area (Å²) in [6, 6.07) is 6.07. The molecule has 1 saturated heterocycles. The first-order chi connectivity index (χ1) is 10.6. The van der Waals surface area contributed by atoms with Crippen LogP contribution in [0.2, 0.25) is 0 Å². The highest BCUT2D eigenvalue weighted by Gasteiger charge is 2.28. The molecule has 2 amide bonds. The Morgan fingerprint density at radius 3 is 2.95 bits per heavy atom. The number of phenols is 1. The molecule has 8 nitrogen and oxygen atoms in total. The summed E-state index contributed by atoms with van der Waals surface area (Å²) in [5, 5.41) is 19.7. The summed E-state index contributed by atoms with van der Waals surface area (Å²) in [5.74, 6) is -0.267. The van der Waals surface area contributed by atoms with Gasteiger partial charge in [-0.25, -0.2) is 4.68 Å². The van der Waals surface area contributed by atoms with E-state index < -0.39 is 6.04 Å². The van der Waals surface area contributed by atoms with Crippen LogP contribution in [0.1, 0.15) is 24.6 Å². The van der Waals surface area contributed by atoms with Gasteiger partial charge in [-0.1, -0.05) is 17.3 Å². The van der Waals surface area contributed by atoms with Crippen molar-refractivity contribution in [1.29, 1.82) is 0 Å². The molecule has 1 unspecified atom stereocenters. The lowest BCUT2D eigenvalue weighted by Gasteiger charge is -2.20. The molecule has 0 bridgehead atoms. The van der Waals surface area contributed by atoms with E-state index in [2.05, 4.69) is 15.6 Å². The number of nitrogens with one attached hydrogen (secondary N) is 1. The summed E-state index contributed by atoms with van der Waals surface area (Å²) < 4.78 is 6.87. The van der Waals surface area contributed by atoms with Gasteiger partial charge in [-0.15, -0.1) is 5.10 Å². The van der Waals surface area contributed by atoms with Crippen molar-refractivity contribution < 1.29 is 19.4 Å². The van der Waals surface area contributed by atoms with Crippen molar-refractivity contribution in [2.24, 2.45) is 0 Å². The topological polar surface area (TPSA) is 106 Å². The van der Waals surface area contributed by atoms with Crippen LogP contribution in [0, 0.1) is 0 Å². The minimum Gasteiger partial charge on any atom is -0.504 e. The lowest BCUT2D eigenvalue weighted by molar-refractivity contribution is -0.136. The molecule has 3 rings (SSSR count). The van der Waals surface area contributed by atoms with Crippen molar-refractivity contribution in [1.82, 2.24) is 20.3 Å². The molecule has 2 heterocycles. The fourth-order valence-corrected chi connectivity index (χ4v) is 2.20. The second kappa shape index (κ2) is 5.84. The SMILES string of the molecule is O=C1CCC(n2cc(COc3ccccc3O)nn2)C(=O)N1. The number of benzene rings is 1. The summed E-state index contributed by atoms with van der Waals surface area (Å²) >= 11 is 0. The Bertz CT molecular complexity index is 712. The number of rotatable bonds is 4. The quantitative estimate of drug-likeness (QED) is 0.798. The fraction of sp³-hybridized carbons (Fsp3) is 0.286. The molecule has 114 valence electrons. The third-order valence-corrected chi connectivity index (χ3v) is 3.33. The van der Waals surface area contributed by atoms with E-state index in [1.54, 1.807) is 24.4 Å². The molecule has 1 aliphatic heterocycles.